The van der Waals surface area contributed by atoms with Crippen LogP contribution in [0.25, 0.3) is 39.0 Å². The highest BCUT2D eigenvalue weighted by Crippen LogP contribution is 2.39. The number of allylic oxidation sites excluding steroid dienone is 9. The Labute approximate surface area is 299 Å². The smallest absolute Gasteiger partial charge is 0.134 e. The Bertz CT molecular complexity index is 2300. The molecule has 0 spiro atoms. The summed E-state index contributed by atoms with van der Waals surface area (Å²) in [6.45, 7) is 4.43. The maximum Gasteiger partial charge on any atom is 0.134 e. The van der Waals surface area contributed by atoms with Crippen LogP contribution in [0.1, 0.15) is 5.56 Å². The summed E-state index contributed by atoms with van der Waals surface area (Å²) in [5.41, 5.74) is 17.3. The average molecular weight is 654 g/mol. The second kappa shape index (κ2) is 14.3. The third-order valence-corrected chi connectivity index (χ3v) is 9.18. The van der Waals surface area contributed by atoms with Gasteiger partial charge >= 0.3 is 0 Å². The van der Waals surface area contributed by atoms with Gasteiger partial charge in [0.25, 0.3) is 0 Å². The summed E-state index contributed by atoms with van der Waals surface area (Å²) in [4.78, 5) is 2.31. The van der Waals surface area contributed by atoms with Gasteiger partial charge in [-0.25, -0.2) is 0 Å². The molecule has 1 aliphatic carbocycles. The number of fused-ring (bicyclic) bond motifs is 1. The summed E-state index contributed by atoms with van der Waals surface area (Å²) < 4.78 is 6.09. The van der Waals surface area contributed by atoms with Crippen molar-refractivity contribution in [2.75, 3.05) is 4.90 Å². The second-order valence-electron chi connectivity index (χ2n) is 12.4. The molecular formula is C49H35NO. The molecule has 1 aliphatic heterocycles. The molecule has 0 aromatic heterocycles. The highest BCUT2D eigenvalue weighted by molar-refractivity contribution is 5.84. The Kier molecular flexibility index (Phi) is 8.82. The van der Waals surface area contributed by atoms with Gasteiger partial charge in [0.15, 0.2) is 0 Å². The van der Waals surface area contributed by atoms with Crippen LogP contribution in [0, 0.1) is 0 Å². The van der Waals surface area contributed by atoms with E-state index in [1.165, 1.54) is 22.3 Å². The molecule has 2 aliphatic rings. The number of anilines is 3. The van der Waals surface area contributed by atoms with Crippen molar-refractivity contribution in [2.45, 2.75) is 0 Å². The molecule has 0 N–H and O–H groups in total. The molecular weight excluding hydrogens is 619 g/mol. The maximum absolute atomic E-state index is 6.09. The van der Waals surface area contributed by atoms with Crippen LogP contribution in [-0.4, -0.2) is 0 Å². The van der Waals surface area contributed by atoms with Crippen LogP contribution < -0.4 is 9.64 Å². The standard InChI is InChI=1S/C49H35NO/c1-36-34-44(39-16-6-2-3-7-17-39)32-33-51-49-31-24-43(35-48(36)49)42-22-29-47(30-23-42)50(45-25-18-40(19-26-45)37-12-8-4-9-13-37)46-27-20-41(21-28-46)38-14-10-5-11-15-38/h2,4-35H,1H2/b33-32-,44-34+. The molecule has 0 fully saturated rings. The fourth-order valence-electron chi connectivity index (χ4n) is 6.50. The zero-order valence-corrected chi connectivity index (χ0v) is 28.1. The van der Waals surface area contributed by atoms with Crippen molar-refractivity contribution in [3.63, 3.8) is 0 Å². The first-order chi connectivity index (χ1) is 25.2. The van der Waals surface area contributed by atoms with Gasteiger partial charge in [-0.2, -0.15) is 0 Å². The lowest BCUT2D eigenvalue weighted by molar-refractivity contribution is 0.479. The SMILES string of the molecule is C=C1/C=C(C2=CC=C=CC=C2)\C=C/Oc2ccc(-c3ccc(N(c4ccc(-c5ccccc5)cc4)c4ccc(-c5ccccc5)cc4)cc3)cc21. The Morgan fingerprint density at radius 2 is 1.00 bits per heavy atom. The number of nitrogens with zero attached hydrogens (tertiary/aromatic N) is 1. The van der Waals surface area contributed by atoms with Crippen LogP contribution >= 0.6 is 0 Å². The Hall–Kier alpha value is -6.86. The molecule has 0 saturated heterocycles. The first-order valence-electron chi connectivity index (χ1n) is 17.1. The van der Waals surface area contributed by atoms with Crippen LogP contribution in [0.3, 0.4) is 0 Å². The summed E-state index contributed by atoms with van der Waals surface area (Å²) >= 11 is 0. The normalized spacial score (nSPS) is 14.9. The second-order valence-corrected chi connectivity index (χ2v) is 12.4. The van der Waals surface area contributed by atoms with Crippen LogP contribution in [0.5, 0.6) is 5.75 Å². The van der Waals surface area contributed by atoms with Crippen molar-refractivity contribution in [1.82, 2.24) is 0 Å². The maximum atomic E-state index is 6.09. The topological polar surface area (TPSA) is 12.5 Å². The Balaban J connectivity index is 1.12. The lowest BCUT2D eigenvalue weighted by Gasteiger charge is -2.26. The predicted molar refractivity (Wildman–Crippen MR) is 214 cm³/mol. The van der Waals surface area contributed by atoms with Crippen molar-refractivity contribution >= 4 is 22.6 Å². The minimum absolute atomic E-state index is 0.781. The van der Waals surface area contributed by atoms with E-state index in [4.69, 9.17) is 4.74 Å². The predicted octanol–water partition coefficient (Wildman–Crippen LogP) is 13.2. The van der Waals surface area contributed by atoms with Crippen molar-refractivity contribution in [2.24, 2.45) is 0 Å². The van der Waals surface area contributed by atoms with E-state index >= 15 is 0 Å². The minimum Gasteiger partial charge on any atom is -0.464 e. The molecule has 2 nitrogen and oxygen atoms in total. The van der Waals surface area contributed by atoms with E-state index in [1.54, 1.807) is 6.26 Å². The molecule has 242 valence electrons. The minimum atomic E-state index is 0.781. The lowest BCUT2D eigenvalue weighted by atomic mass is 9.95. The zero-order valence-electron chi connectivity index (χ0n) is 28.1. The zero-order chi connectivity index (χ0) is 34.4. The summed E-state index contributed by atoms with van der Waals surface area (Å²) in [6, 6.07) is 53.7. The lowest BCUT2D eigenvalue weighted by Crippen LogP contribution is -2.09. The van der Waals surface area contributed by atoms with E-state index in [0.29, 0.717) is 0 Å². The van der Waals surface area contributed by atoms with Crippen LogP contribution in [0.15, 0.2) is 224 Å². The molecule has 0 amide bonds. The number of ether oxygens (including phenoxy) is 1. The molecule has 6 aromatic rings. The summed E-state index contributed by atoms with van der Waals surface area (Å²) in [5.74, 6) is 0.781. The van der Waals surface area contributed by atoms with Gasteiger partial charge in [0.1, 0.15) is 5.75 Å². The number of rotatable bonds is 7. The molecule has 0 saturated carbocycles. The third kappa shape index (κ3) is 6.86. The first kappa shape index (κ1) is 31.4. The molecule has 8 rings (SSSR count). The molecule has 0 radical (unpaired) electrons. The molecule has 6 aromatic carbocycles. The van der Waals surface area contributed by atoms with Crippen LogP contribution in [-0.2, 0) is 0 Å². The van der Waals surface area contributed by atoms with Crippen LogP contribution in [0.2, 0.25) is 0 Å². The van der Waals surface area contributed by atoms with Crippen molar-refractivity contribution < 1.29 is 4.74 Å². The van der Waals surface area contributed by atoms with Crippen LogP contribution in [0.4, 0.5) is 17.1 Å². The number of benzene rings is 6. The Morgan fingerprint density at radius 1 is 0.490 bits per heavy atom. The van der Waals surface area contributed by atoms with E-state index in [9.17, 15) is 0 Å². The Morgan fingerprint density at radius 3 is 1.57 bits per heavy atom. The third-order valence-electron chi connectivity index (χ3n) is 9.18. The molecule has 0 atom stereocenters. The van der Waals surface area contributed by atoms with Gasteiger partial charge in [-0.3, -0.25) is 0 Å². The molecule has 2 heteroatoms. The average Bonchev–Trinajstić information content (AvgIpc) is 3.48. The number of hydrogen-bond acceptors (Lipinski definition) is 2. The van der Waals surface area contributed by atoms with Crippen molar-refractivity contribution in [1.29, 1.82) is 0 Å². The largest absolute Gasteiger partial charge is 0.464 e. The van der Waals surface area contributed by atoms with E-state index in [1.807, 2.05) is 36.4 Å². The summed E-state index contributed by atoms with van der Waals surface area (Å²) in [5, 5.41) is 0. The fraction of sp³-hybridized carbons (Fsp3) is 0. The fourth-order valence-corrected chi connectivity index (χ4v) is 6.50. The summed E-state index contributed by atoms with van der Waals surface area (Å²) in [6.07, 6.45) is 15.8. The molecule has 0 unspecified atom stereocenters. The highest BCUT2D eigenvalue weighted by atomic mass is 16.5. The van der Waals surface area contributed by atoms with E-state index < -0.39 is 0 Å². The van der Waals surface area contributed by atoms with Crippen molar-refractivity contribution in [3.05, 3.63) is 229 Å². The first-order valence-corrected chi connectivity index (χ1v) is 17.1. The van der Waals surface area contributed by atoms with Gasteiger partial charge in [0, 0.05) is 22.6 Å². The van der Waals surface area contributed by atoms with Gasteiger partial charge in [-0.05, 0) is 129 Å². The summed E-state index contributed by atoms with van der Waals surface area (Å²) in [7, 11) is 0. The molecule has 0 bridgehead atoms. The monoisotopic (exact) mass is 653 g/mol. The number of hydrogen-bond donors (Lipinski definition) is 0. The van der Waals surface area contributed by atoms with Gasteiger partial charge in [-0.1, -0.05) is 122 Å². The van der Waals surface area contributed by atoms with Gasteiger partial charge < -0.3 is 9.64 Å². The van der Waals surface area contributed by atoms with Gasteiger partial charge in [0.2, 0.25) is 0 Å². The van der Waals surface area contributed by atoms with Gasteiger partial charge in [-0.15, -0.1) is 5.73 Å². The highest BCUT2D eigenvalue weighted by Gasteiger charge is 2.16. The van der Waals surface area contributed by atoms with E-state index in [2.05, 4.69) is 175 Å². The van der Waals surface area contributed by atoms with Crippen molar-refractivity contribution in [3.8, 4) is 39.1 Å². The van der Waals surface area contributed by atoms with Gasteiger partial charge in [0.05, 0.1) is 6.26 Å². The van der Waals surface area contributed by atoms with E-state index in [0.717, 1.165) is 56.2 Å². The molecule has 51 heavy (non-hydrogen) atoms. The quantitative estimate of drug-likeness (QED) is 0.159. The molecule has 1 heterocycles. The van der Waals surface area contributed by atoms with E-state index in [-0.39, 0.29) is 0 Å².